The van der Waals surface area contributed by atoms with Crippen LogP contribution in [0.2, 0.25) is 0 Å². The molecule has 1 aliphatic rings. The average molecular weight is 321 g/mol. The quantitative estimate of drug-likeness (QED) is 0.558. The van der Waals surface area contributed by atoms with Crippen LogP contribution in [0.5, 0.6) is 5.75 Å². The van der Waals surface area contributed by atoms with Crippen molar-refractivity contribution in [2.75, 3.05) is 20.3 Å². The third-order valence-electron chi connectivity index (χ3n) is 3.58. The van der Waals surface area contributed by atoms with Crippen molar-refractivity contribution < 1.29 is 28.7 Å². The van der Waals surface area contributed by atoms with Crippen molar-refractivity contribution in [1.82, 2.24) is 5.32 Å². The van der Waals surface area contributed by atoms with E-state index in [-0.39, 0.29) is 24.9 Å². The number of hydrogen-bond donors (Lipinski definition) is 2. The van der Waals surface area contributed by atoms with Gasteiger partial charge in [0.05, 0.1) is 19.1 Å². The molecule has 0 saturated carbocycles. The Morgan fingerprint density at radius 2 is 2.17 bits per heavy atom. The molecule has 1 amide bonds. The Morgan fingerprint density at radius 1 is 1.43 bits per heavy atom. The zero-order valence-electron chi connectivity index (χ0n) is 13.4. The van der Waals surface area contributed by atoms with Crippen LogP contribution < -0.4 is 15.5 Å². The minimum Gasteiger partial charge on any atom is -0.484 e. The van der Waals surface area contributed by atoms with Gasteiger partial charge in [0.1, 0.15) is 5.75 Å². The first-order chi connectivity index (χ1) is 11.0. The van der Waals surface area contributed by atoms with E-state index in [1.807, 2.05) is 6.92 Å². The molecule has 0 bridgehead atoms. The number of likely N-dealkylation sites (N-methyl/N-ethyl adjacent to an activating group) is 1. The number of carbonyl (C=O) groups excluding carboxylic acids is 2. The van der Waals surface area contributed by atoms with E-state index in [0.29, 0.717) is 17.8 Å². The second-order valence-corrected chi connectivity index (χ2v) is 5.19. The van der Waals surface area contributed by atoms with Gasteiger partial charge in [-0.15, -0.1) is 0 Å². The van der Waals surface area contributed by atoms with Gasteiger partial charge in [-0.1, -0.05) is 0 Å². The lowest BCUT2D eigenvalue weighted by atomic mass is 9.77. The van der Waals surface area contributed by atoms with Gasteiger partial charge in [0.25, 0.3) is 5.91 Å². The van der Waals surface area contributed by atoms with E-state index in [1.54, 1.807) is 19.1 Å². The third kappa shape index (κ3) is 4.03. The summed E-state index contributed by atoms with van der Waals surface area (Å²) < 4.78 is 15.8. The molecule has 1 aromatic carbocycles. The highest BCUT2D eigenvalue weighted by Crippen LogP contribution is 2.32. The number of carbonyl (C=O) groups is 2. The Bertz CT molecular complexity index is 606. The summed E-state index contributed by atoms with van der Waals surface area (Å²) in [5, 5.41) is 12.5. The highest BCUT2D eigenvalue weighted by atomic mass is 16.5. The topological polar surface area (TPSA) is 94.1 Å². The number of ether oxygens (including phenoxy) is 2. The number of nitrogens with one attached hydrogen (secondary N) is 1. The minimum atomic E-state index is -1.13. The molecule has 0 saturated heterocycles. The number of aryl methyl sites for hydroxylation is 1. The summed E-state index contributed by atoms with van der Waals surface area (Å²) >= 11 is 0. The molecule has 2 rings (SSSR count). The van der Waals surface area contributed by atoms with Gasteiger partial charge in [0.2, 0.25) is 0 Å². The van der Waals surface area contributed by atoms with Gasteiger partial charge in [0.15, 0.2) is 6.61 Å². The molecule has 124 valence electrons. The van der Waals surface area contributed by atoms with Crippen molar-refractivity contribution >= 4 is 24.5 Å². The molecule has 23 heavy (non-hydrogen) atoms. The highest BCUT2D eigenvalue weighted by molar-refractivity contribution is 6.62. The van der Waals surface area contributed by atoms with Crippen LogP contribution in [0.4, 0.5) is 0 Å². The van der Waals surface area contributed by atoms with Crippen LogP contribution in [0.1, 0.15) is 30.6 Å². The van der Waals surface area contributed by atoms with Gasteiger partial charge in [-0.3, -0.25) is 9.59 Å². The maximum atomic E-state index is 11.7. The van der Waals surface area contributed by atoms with Gasteiger partial charge in [-0.25, -0.2) is 0 Å². The molecule has 0 aromatic heterocycles. The van der Waals surface area contributed by atoms with Crippen LogP contribution >= 0.6 is 0 Å². The summed E-state index contributed by atoms with van der Waals surface area (Å²) in [6, 6.07) is 3.38. The Hall–Kier alpha value is -2.06. The summed E-state index contributed by atoms with van der Waals surface area (Å²) in [5.74, 6) is -0.165. The number of rotatable bonds is 6. The zero-order chi connectivity index (χ0) is 17.0. The van der Waals surface area contributed by atoms with Crippen molar-refractivity contribution in [1.29, 1.82) is 0 Å². The van der Waals surface area contributed by atoms with Crippen LogP contribution in [0, 0.1) is 6.92 Å². The molecule has 1 aromatic rings. The number of benzene rings is 1. The van der Waals surface area contributed by atoms with Crippen LogP contribution in [0.3, 0.4) is 0 Å². The molecule has 7 nitrogen and oxygen atoms in total. The molecule has 8 heteroatoms. The molecule has 0 spiro atoms. The average Bonchev–Trinajstić information content (AvgIpc) is 2.81. The number of esters is 1. The Kier molecular flexibility index (Phi) is 5.62. The first-order valence-electron chi connectivity index (χ1n) is 7.43. The maximum absolute atomic E-state index is 11.7. The molecule has 1 unspecified atom stereocenters. The van der Waals surface area contributed by atoms with Crippen molar-refractivity contribution in [2.24, 2.45) is 0 Å². The lowest BCUT2D eigenvalue weighted by molar-refractivity contribution is -0.145. The van der Waals surface area contributed by atoms with Crippen LogP contribution in [-0.2, 0) is 19.0 Å². The molecule has 1 heterocycles. The summed E-state index contributed by atoms with van der Waals surface area (Å²) in [4.78, 5) is 22.9. The minimum absolute atomic E-state index is 0.0389. The van der Waals surface area contributed by atoms with E-state index in [1.165, 1.54) is 7.05 Å². The summed E-state index contributed by atoms with van der Waals surface area (Å²) in [5.41, 5.74) is 2.13. The third-order valence-corrected chi connectivity index (χ3v) is 3.58. The SMILES string of the molecule is CCOC(=O)CC1OB(O)c2cc(OCC(=O)NC)cc(C)c21. The van der Waals surface area contributed by atoms with E-state index in [9.17, 15) is 14.6 Å². The van der Waals surface area contributed by atoms with E-state index < -0.39 is 13.2 Å². The van der Waals surface area contributed by atoms with Gasteiger partial charge in [0, 0.05) is 7.05 Å². The maximum Gasteiger partial charge on any atom is 0.492 e. The fraction of sp³-hybridized carbons (Fsp3) is 0.467. The van der Waals surface area contributed by atoms with Gasteiger partial charge >= 0.3 is 13.1 Å². The first kappa shape index (κ1) is 17.3. The zero-order valence-corrected chi connectivity index (χ0v) is 13.4. The molecule has 0 radical (unpaired) electrons. The Morgan fingerprint density at radius 3 is 2.83 bits per heavy atom. The lowest BCUT2D eigenvalue weighted by Crippen LogP contribution is -2.29. The van der Waals surface area contributed by atoms with Crippen molar-refractivity contribution in [3.63, 3.8) is 0 Å². The molecule has 0 fully saturated rings. The number of hydrogen-bond acceptors (Lipinski definition) is 6. The largest absolute Gasteiger partial charge is 0.492 e. The fourth-order valence-corrected chi connectivity index (χ4v) is 2.56. The number of amides is 1. The lowest BCUT2D eigenvalue weighted by Gasteiger charge is -2.14. The Balaban J connectivity index is 2.18. The van der Waals surface area contributed by atoms with E-state index in [2.05, 4.69) is 5.32 Å². The second kappa shape index (κ2) is 7.48. The molecule has 1 atom stereocenters. The molecule has 1 aliphatic heterocycles. The molecular weight excluding hydrogens is 301 g/mol. The van der Waals surface area contributed by atoms with Gasteiger partial charge in [-0.05, 0) is 42.6 Å². The van der Waals surface area contributed by atoms with E-state index in [4.69, 9.17) is 14.1 Å². The summed E-state index contributed by atoms with van der Waals surface area (Å²) in [6.45, 7) is 3.76. The second-order valence-electron chi connectivity index (χ2n) is 5.19. The van der Waals surface area contributed by atoms with Crippen LogP contribution in [0.15, 0.2) is 12.1 Å². The van der Waals surface area contributed by atoms with E-state index >= 15 is 0 Å². The molecular formula is C15H20BNO6. The predicted molar refractivity (Wildman–Crippen MR) is 83.4 cm³/mol. The first-order valence-corrected chi connectivity index (χ1v) is 7.43. The smallest absolute Gasteiger partial charge is 0.484 e. The Labute approximate surface area is 135 Å². The number of fused-ring (bicyclic) bond motifs is 1. The molecule has 2 N–H and O–H groups in total. The highest BCUT2D eigenvalue weighted by Gasteiger charge is 2.38. The fourth-order valence-electron chi connectivity index (χ4n) is 2.56. The standard InChI is InChI=1S/C15H20BNO6/c1-4-21-14(19)7-12-15-9(2)5-10(22-8-13(18)17-3)6-11(15)16(20)23-12/h5-6,12,20H,4,7-8H2,1-3H3,(H,17,18). The van der Waals surface area contributed by atoms with Crippen molar-refractivity contribution in [2.45, 2.75) is 26.4 Å². The van der Waals surface area contributed by atoms with Crippen molar-refractivity contribution in [3.05, 3.63) is 23.3 Å². The van der Waals surface area contributed by atoms with Crippen molar-refractivity contribution in [3.8, 4) is 5.75 Å². The summed E-state index contributed by atoms with van der Waals surface area (Å²) in [6.07, 6.45) is -0.510. The monoisotopic (exact) mass is 321 g/mol. The normalized spacial score (nSPS) is 16.0. The van der Waals surface area contributed by atoms with Crippen LogP contribution in [-0.4, -0.2) is 44.3 Å². The van der Waals surface area contributed by atoms with Gasteiger partial charge in [-0.2, -0.15) is 0 Å². The predicted octanol–water partition coefficient (Wildman–Crippen LogP) is -0.168. The van der Waals surface area contributed by atoms with E-state index in [0.717, 1.165) is 11.1 Å². The summed E-state index contributed by atoms with van der Waals surface area (Å²) in [7, 11) is 0.392. The van der Waals surface area contributed by atoms with Gasteiger partial charge < -0.3 is 24.5 Å². The van der Waals surface area contributed by atoms with Crippen LogP contribution in [0.25, 0.3) is 0 Å². The molecule has 0 aliphatic carbocycles.